The van der Waals surface area contributed by atoms with Gasteiger partial charge in [-0.3, -0.25) is 4.79 Å². The standard InChI is InChI=1S/C14H21BrN2O/c1-8(2)12-11(15)14(18)17-13(16-12)10-6-4-5-9(3)7-10/h8-10H,4-7H2,1-3H3,(H,16,17,18). The van der Waals surface area contributed by atoms with E-state index < -0.39 is 0 Å². The molecule has 18 heavy (non-hydrogen) atoms. The molecule has 3 nitrogen and oxygen atoms in total. The van der Waals surface area contributed by atoms with Gasteiger partial charge in [0, 0.05) is 5.92 Å². The van der Waals surface area contributed by atoms with Crippen molar-refractivity contribution in [2.24, 2.45) is 5.92 Å². The van der Waals surface area contributed by atoms with Crippen LogP contribution in [0.1, 0.15) is 69.8 Å². The van der Waals surface area contributed by atoms with Crippen LogP contribution in [0.4, 0.5) is 0 Å². The Bertz CT molecular complexity index is 481. The van der Waals surface area contributed by atoms with Gasteiger partial charge in [-0.2, -0.15) is 0 Å². The number of aromatic amines is 1. The van der Waals surface area contributed by atoms with Gasteiger partial charge in [-0.05, 0) is 40.6 Å². The summed E-state index contributed by atoms with van der Waals surface area (Å²) in [5.41, 5.74) is 0.842. The van der Waals surface area contributed by atoms with Crippen molar-refractivity contribution >= 4 is 15.9 Å². The zero-order valence-electron chi connectivity index (χ0n) is 11.3. The second-order valence-corrected chi connectivity index (χ2v) is 6.57. The van der Waals surface area contributed by atoms with Crippen LogP contribution in [0, 0.1) is 5.92 Å². The van der Waals surface area contributed by atoms with E-state index in [2.05, 4.69) is 46.7 Å². The van der Waals surface area contributed by atoms with Crippen molar-refractivity contribution in [1.29, 1.82) is 0 Å². The number of hydrogen-bond acceptors (Lipinski definition) is 2. The fourth-order valence-corrected chi connectivity index (χ4v) is 3.40. The number of H-pyrrole nitrogens is 1. The van der Waals surface area contributed by atoms with Crippen LogP contribution < -0.4 is 5.56 Å². The summed E-state index contributed by atoms with van der Waals surface area (Å²) in [6.07, 6.45) is 4.82. The maximum absolute atomic E-state index is 11.9. The average molecular weight is 313 g/mol. The van der Waals surface area contributed by atoms with E-state index in [1.54, 1.807) is 0 Å². The minimum absolute atomic E-state index is 0.0399. The van der Waals surface area contributed by atoms with E-state index in [4.69, 9.17) is 0 Å². The topological polar surface area (TPSA) is 45.8 Å². The predicted octanol–water partition coefficient (Wildman–Crippen LogP) is 3.95. The van der Waals surface area contributed by atoms with E-state index in [1.165, 1.54) is 12.8 Å². The Balaban J connectivity index is 2.36. The lowest BCUT2D eigenvalue weighted by molar-refractivity contribution is 0.334. The van der Waals surface area contributed by atoms with Gasteiger partial charge in [-0.1, -0.05) is 33.6 Å². The van der Waals surface area contributed by atoms with E-state index in [0.29, 0.717) is 10.4 Å². The summed E-state index contributed by atoms with van der Waals surface area (Å²) in [5, 5.41) is 0. The summed E-state index contributed by atoms with van der Waals surface area (Å²) in [5.74, 6) is 2.31. The van der Waals surface area contributed by atoms with Gasteiger partial charge in [0.25, 0.3) is 5.56 Å². The monoisotopic (exact) mass is 312 g/mol. The molecule has 0 saturated heterocycles. The van der Waals surface area contributed by atoms with Crippen molar-refractivity contribution in [2.45, 2.75) is 58.3 Å². The molecule has 0 spiro atoms. The molecule has 1 saturated carbocycles. The summed E-state index contributed by atoms with van der Waals surface area (Å²) >= 11 is 3.34. The van der Waals surface area contributed by atoms with Gasteiger partial charge in [0.15, 0.2) is 0 Å². The molecular formula is C14H21BrN2O. The van der Waals surface area contributed by atoms with Gasteiger partial charge in [0.05, 0.1) is 5.69 Å². The summed E-state index contributed by atoms with van der Waals surface area (Å²) < 4.78 is 0.588. The Morgan fingerprint density at radius 1 is 1.39 bits per heavy atom. The minimum Gasteiger partial charge on any atom is -0.309 e. The summed E-state index contributed by atoms with van der Waals surface area (Å²) in [4.78, 5) is 19.6. The first-order valence-electron chi connectivity index (χ1n) is 6.78. The van der Waals surface area contributed by atoms with Crippen molar-refractivity contribution < 1.29 is 0 Å². The predicted molar refractivity (Wildman–Crippen MR) is 77.0 cm³/mol. The van der Waals surface area contributed by atoms with Crippen LogP contribution in [0.25, 0.3) is 0 Å². The highest BCUT2D eigenvalue weighted by Gasteiger charge is 2.24. The highest BCUT2D eigenvalue weighted by Crippen LogP contribution is 2.34. The lowest BCUT2D eigenvalue weighted by Crippen LogP contribution is -2.21. The lowest BCUT2D eigenvalue weighted by atomic mass is 9.82. The first kappa shape index (κ1) is 13.8. The van der Waals surface area contributed by atoms with Crippen LogP contribution in [-0.4, -0.2) is 9.97 Å². The minimum atomic E-state index is -0.0399. The van der Waals surface area contributed by atoms with E-state index in [0.717, 1.165) is 30.3 Å². The maximum atomic E-state index is 11.9. The Morgan fingerprint density at radius 2 is 2.11 bits per heavy atom. The zero-order valence-corrected chi connectivity index (χ0v) is 12.9. The van der Waals surface area contributed by atoms with Crippen LogP contribution >= 0.6 is 15.9 Å². The van der Waals surface area contributed by atoms with E-state index in [1.807, 2.05) is 0 Å². The second kappa shape index (κ2) is 5.55. The third-order valence-electron chi connectivity index (χ3n) is 3.78. The van der Waals surface area contributed by atoms with Gasteiger partial charge in [-0.25, -0.2) is 4.98 Å². The Labute approximate surface area is 117 Å². The number of nitrogens with one attached hydrogen (secondary N) is 1. The molecule has 1 aliphatic carbocycles. The molecule has 4 heteroatoms. The second-order valence-electron chi connectivity index (χ2n) is 5.77. The normalized spacial score (nSPS) is 24.5. The number of halogens is 1. The average Bonchev–Trinajstić information content (AvgIpc) is 2.32. The van der Waals surface area contributed by atoms with Gasteiger partial charge in [-0.15, -0.1) is 0 Å². The van der Waals surface area contributed by atoms with Crippen LogP contribution in [0.3, 0.4) is 0 Å². The molecule has 0 amide bonds. The van der Waals surface area contributed by atoms with Gasteiger partial charge in [0.2, 0.25) is 0 Å². The zero-order chi connectivity index (χ0) is 13.3. The highest BCUT2D eigenvalue weighted by atomic mass is 79.9. The van der Waals surface area contributed by atoms with Crippen LogP contribution in [0.5, 0.6) is 0 Å². The SMILES string of the molecule is CC1CCCC(c2nc(C(C)C)c(Br)c(=O)[nH]2)C1. The Hall–Kier alpha value is -0.640. The molecule has 1 aromatic rings. The molecule has 1 heterocycles. The van der Waals surface area contributed by atoms with Crippen LogP contribution in [0.2, 0.25) is 0 Å². The fourth-order valence-electron chi connectivity index (χ4n) is 2.75. The molecular weight excluding hydrogens is 292 g/mol. The Morgan fingerprint density at radius 3 is 2.72 bits per heavy atom. The molecule has 2 unspecified atom stereocenters. The van der Waals surface area contributed by atoms with Gasteiger partial charge < -0.3 is 4.98 Å². The Kier molecular flexibility index (Phi) is 4.25. The fraction of sp³-hybridized carbons (Fsp3) is 0.714. The van der Waals surface area contributed by atoms with Crippen molar-refractivity contribution in [1.82, 2.24) is 9.97 Å². The molecule has 0 radical (unpaired) electrons. The van der Waals surface area contributed by atoms with E-state index >= 15 is 0 Å². The summed E-state index contributed by atoms with van der Waals surface area (Å²) in [6.45, 7) is 6.42. The number of rotatable bonds is 2. The summed E-state index contributed by atoms with van der Waals surface area (Å²) in [6, 6.07) is 0. The molecule has 1 aromatic heterocycles. The van der Waals surface area contributed by atoms with Gasteiger partial charge >= 0.3 is 0 Å². The van der Waals surface area contributed by atoms with E-state index in [-0.39, 0.29) is 11.5 Å². The van der Waals surface area contributed by atoms with Crippen molar-refractivity contribution in [3.8, 4) is 0 Å². The summed E-state index contributed by atoms with van der Waals surface area (Å²) in [7, 11) is 0. The molecule has 2 atom stereocenters. The molecule has 0 aromatic carbocycles. The third kappa shape index (κ3) is 2.85. The van der Waals surface area contributed by atoms with E-state index in [9.17, 15) is 4.79 Å². The molecule has 0 bridgehead atoms. The third-order valence-corrected chi connectivity index (χ3v) is 4.54. The first-order valence-corrected chi connectivity index (χ1v) is 7.58. The van der Waals surface area contributed by atoms with Crippen LogP contribution in [0.15, 0.2) is 9.27 Å². The quantitative estimate of drug-likeness (QED) is 0.898. The van der Waals surface area contributed by atoms with Crippen molar-refractivity contribution in [3.05, 3.63) is 26.3 Å². The molecule has 2 rings (SSSR count). The first-order chi connectivity index (χ1) is 8.49. The highest BCUT2D eigenvalue weighted by molar-refractivity contribution is 9.10. The smallest absolute Gasteiger partial charge is 0.265 e. The van der Waals surface area contributed by atoms with Crippen molar-refractivity contribution in [2.75, 3.05) is 0 Å². The number of aromatic nitrogens is 2. The van der Waals surface area contributed by atoms with Crippen molar-refractivity contribution in [3.63, 3.8) is 0 Å². The molecule has 0 aliphatic heterocycles. The maximum Gasteiger partial charge on any atom is 0.265 e. The molecule has 1 fully saturated rings. The largest absolute Gasteiger partial charge is 0.309 e. The van der Waals surface area contributed by atoms with Crippen LogP contribution in [-0.2, 0) is 0 Å². The number of hydrogen-bond donors (Lipinski definition) is 1. The molecule has 1 aliphatic rings. The molecule has 100 valence electrons. The van der Waals surface area contributed by atoms with Gasteiger partial charge in [0.1, 0.15) is 10.3 Å². The molecule has 1 N–H and O–H groups in total. The lowest BCUT2D eigenvalue weighted by Gasteiger charge is -2.26. The number of nitrogens with zero attached hydrogens (tertiary/aromatic N) is 1.